The van der Waals surface area contributed by atoms with Gasteiger partial charge in [0.15, 0.2) is 0 Å². The molecule has 2 atom stereocenters. The van der Waals surface area contributed by atoms with Crippen molar-refractivity contribution in [3.8, 4) is 0 Å². The summed E-state index contributed by atoms with van der Waals surface area (Å²) >= 11 is 6.09. The maximum Gasteiger partial charge on any atom is 0.238 e. The molecule has 2 heterocycles. The molecule has 1 aliphatic carbocycles. The Kier molecular flexibility index (Phi) is 6.01. The Balaban J connectivity index is 1.24. The first kappa shape index (κ1) is 21.9. The van der Waals surface area contributed by atoms with Gasteiger partial charge in [-0.05, 0) is 49.8 Å². The zero-order valence-corrected chi connectivity index (χ0v) is 19.9. The number of rotatable bonds is 7. The van der Waals surface area contributed by atoms with E-state index in [0.29, 0.717) is 0 Å². The van der Waals surface area contributed by atoms with Gasteiger partial charge in [0.05, 0.1) is 5.41 Å². The number of amides is 1. The third-order valence-electron chi connectivity index (χ3n) is 7.50. The predicted octanol–water partition coefficient (Wildman–Crippen LogP) is 3.29. The van der Waals surface area contributed by atoms with E-state index in [4.69, 9.17) is 11.6 Å². The van der Waals surface area contributed by atoms with Crippen molar-refractivity contribution in [1.82, 2.24) is 14.7 Å². The van der Waals surface area contributed by atoms with Gasteiger partial charge in [0, 0.05) is 69.0 Å². The van der Waals surface area contributed by atoms with Crippen molar-refractivity contribution in [2.45, 2.75) is 17.8 Å². The van der Waals surface area contributed by atoms with Crippen LogP contribution in [0.2, 0.25) is 5.02 Å². The van der Waals surface area contributed by atoms with E-state index in [-0.39, 0.29) is 17.2 Å². The van der Waals surface area contributed by atoms with Gasteiger partial charge in [-0.15, -0.1) is 0 Å². The van der Waals surface area contributed by atoms with Gasteiger partial charge in [-0.2, -0.15) is 0 Å². The number of halogens is 1. The van der Waals surface area contributed by atoms with Gasteiger partial charge in [0.1, 0.15) is 0 Å². The van der Waals surface area contributed by atoms with Crippen molar-refractivity contribution in [3.63, 3.8) is 0 Å². The first-order valence-corrected chi connectivity index (χ1v) is 12.1. The molecule has 1 spiro atoms. The van der Waals surface area contributed by atoms with Gasteiger partial charge in [-0.1, -0.05) is 41.9 Å². The SMILES string of the molecule is CN(C)CCN1CCN(CCN2C(=O)C3(CC3c3ccc(Cl)cc3)c3ccccc32)CC1. The Morgan fingerprint density at radius 3 is 2.28 bits per heavy atom. The minimum absolute atomic E-state index is 0.249. The molecule has 6 heteroatoms. The Morgan fingerprint density at radius 1 is 0.938 bits per heavy atom. The molecule has 0 aromatic heterocycles. The molecule has 0 radical (unpaired) electrons. The van der Waals surface area contributed by atoms with Crippen LogP contribution < -0.4 is 4.90 Å². The molecular formula is C26H33ClN4O. The topological polar surface area (TPSA) is 30.0 Å². The standard InChI is InChI=1S/C26H33ClN4O/c1-28(2)11-12-29-13-15-30(16-14-29)17-18-31-24-6-4-3-5-22(24)26(25(31)32)19-23(26)20-7-9-21(27)10-8-20/h3-10,23H,11-19H2,1-2H3. The summed E-state index contributed by atoms with van der Waals surface area (Å²) < 4.78 is 0. The molecule has 1 saturated carbocycles. The second-order valence-electron chi connectivity index (χ2n) is 9.74. The number of fused-ring (bicyclic) bond motifs is 2. The minimum Gasteiger partial charge on any atom is -0.310 e. The lowest BCUT2D eigenvalue weighted by atomic mass is 9.92. The molecule has 170 valence electrons. The Labute approximate surface area is 196 Å². The molecule has 2 aromatic carbocycles. The van der Waals surface area contributed by atoms with Crippen LogP contribution in [0.4, 0.5) is 5.69 Å². The van der Waals surface area contributed by atoms with E-state index in [9.17, 15) is 4.79 Å². The van der Waals surface area contributed by atoms with E-state index < -0.39 is 0 Å². The van der Waals surface area contributed by atoms with Crippen LogP contribution in [-0.2, 0) is 10.2 Å². The molecule has 32 heavy (non-hydrogen) atoms. The average Bonchev–Trinajstić information content (AvgIpc) is 3.51. The van der Waals surface area contributed by atoms with E-state index in [2.05, 4.69) is 70.1 Å². The summed E-state index contributed by atoms with van der Waals surface area (Å²) in [7, 11) is 4.26. The lowest BCUT2D eigenvalue weighted by Gasteiger charge is -2.36. The van der Waals surface area contributed by atoms with E-state index in [1.165, 1.54) is 11.1 Å². The molecule has 0 N–H and O–H groups in total. The first-order chi connectivity index (χ1) is 15.5. The van der Waals surface area contributed by atoms with Crippen LogP contribution in [0.5, 0.6) is 0 Å². The molecular weight excluding hydrogens is 420 g/mol. The van der Waals surface area contributed by atoms with E-state index >= 15 is 0 Å². The summed E-state index contributed by atoms with van der Waals surface area (Å²) in [6, 6.07) is 16.4. The maximum absolute atomic E-state index is 13.7. The summed E-state index contributed by atoms with van der Waals surface area (Å²) in [6.07, 6.45) is 0.894. The number of likely N-dealkylation sites (N-methyl/N-ethyl adjacent to an activating group) is 1. The van der Waals surface area contributed by atoms with Crippen molar-refractivity contribution in [3.05, 3.63) is 64.7 Å². The molecule has 2 fully saturated rings. The minimum atomic E-state index is -0.380. The van der Waals surface area contributed by atoms with Crippen molar-refractivity contribution < 1.29 is 4.79 Å². The summed E-state index contributed by atoms with van der Waals surface area (Å²) in [4.78, 5) is 23.1. The lowest BCUT2D eigenvalue weighted by Crippen LogP contribution is -2.50. The largest absolute Gasteiger partial charge is 0.310 e. The number of carbonyl (C=O) groups is 1. The first-order valence-electron chi connectivity index (χ1n) is 11.8. The van der Waals surface area contributed by atoms with Crippen LogP contribution in [-0.4, -0.2) is 87.1 Å². The monoisotopic (exact) mass is 452 g/mol. The summed E-state index contributed by atoms with van der Waals surface area (Å²) in [5, 5.41) is 0.741. The van der Waals surface area contributed by atoms with Gasteiger partial charge in [-0.25, -0.2) is 0 Å². The molecule has 2 aliphatic heterocycles. The molecule has 0 bridgehead atoms. The third kappa shape index (κ3) is 3.96. The van der Waals surface area contributed by atoms with Crippen LogP contribution in [0, 0.1) is 0 Å². The number of hydrogen-bond donors (Lipinski definition) is 0. The van der Waals surface area contributed by atoms with Gasteiger partial charge >= 0.3 is 0 Å². The van der Waals surface area contributed by atoms with Crippen LogP contribution >= 0.6 is 11.6 Å². The van der Waals surface area contributed by atoms with Crippen molar-refractivity contribution in [2.24, 2.45) is 0 Å². The van der Waals surface area contributed by atoms with Crippen molar-refractivity contribution >= 4 is 23.2 Å². The van der Waals surface area contributed by atoms with Gasteiger partial charge in [0.2, 0.25) is 5.91 Å². The lowest BCUT2D eigenvalue weighted by molar-refractivity contribution is -0.120. The fourth-order valence-corrected chi connectivity index (χ4v) is 5.61. The van der Waals surface area contributed by atoms with Crippen molar-refractivity contribution in [1.29, 1.82) is 0 Å². The molecule has 3 aliphatic rings. The Morgan fingerprint density at radius 2 is 1.59 bits per heavy atom. The second kappa shape index (κ2) is 8.79. The van der Waals surface area contributed by atoms with Crippen molar-refractivity contribution in [2.75, 3.05) is 71.4 Å². The maximum atomic E-state index is 13.7. The highest BCUT2D eigenvalue weighted by atomic mass is 35.5. The summed E-state index contributed by atoms with van der Waals surface area (Å²) in [5.74, 6) is 0.530. The molecule has 5 nitrogen and oxygen atoms in total. The fourth-order valence-electron chi connectivity index (χ4n) is 5.49. The Bertz CT molecular complexity index is 970. The van der Waals surface area contributed by atoms with Gasteiger partial charge in [0.25, 0.3) is 0 Å². The fraction of sp³-hybridized carbons (Fsp3) is 0.500. The highest BCUT2D eigenvalue weighted by molar-refractivity contribution is 6.30. The molecule has 2 unspecified atom stereocenters. The number of benzene rings is 2. The normalized spacial score (nSPS) is 25.7. The summed E-state index contributed by atoms with van der Waals surface area (Å²) in [5.41, 5.74) is 3.15. The molecule has 1 amide bonds. The van der Waals surface area contributed by atoms with Gasteiger partial charge in [-0.3, -0.25) is 14.6 Å². The molecule has 2 aromatic rings. The zero-order chi connectivity index (χ0) is 22.3. The second-order valence-corrected chi connectivity index (χ2v) is 10.2. The van der Waals surface area contributed by atoms with E-state index in [0.717, 1.165) is 69.5 Å². The molecule has 5 rings (SSSR count). The highest BCUT2D eigenvalue weighted by Crippen LogP contribution is 2.66. The predicted molar refractivity (Wildman–Crippen MR) is 131 cm³/mol. The zero-order valence-electron chi connectivity index (χ0n) is 19.1. The Hall–Kier alpha value is -1.92. The van der Waals surface area contributed by atoms with Crippen LogP contribution in [0.25, 0.3) is 0 Å². The van der Waals surface area contributed by atoms with Crippen LogP contribution in [0.1, 0.15) is 23.5 Å². The van der Waals surface area contributed by atoms with Crippen LogP contribution in [0.15, 0.2) is 48.5 Å². The number of anilines is 1. The number of carbonyl (C=O) groups excluding carboxylic acids is 1. The quantitative estimate of drug-likeness (QED) is 0.644. The van der Waals surface area contributed by atoms with E-state index in [1.54, 1.807) is 0 Å². The summed E-state index contributed by atoms with van der Waals surface area (Å²) in [6.45, 7) is 8.32. The molecule has 1 saturated heterocycles. The smallest absolute Gasteiger partial charge is 0.238 e. The van der Waals surface area contributed by atoms with Gasteiger partial charge < -0.3 is 9.80 Å². The third-order valence-corrected chi connectivity index (χ3v) is 7.76. The number of nitrogens with zero attached hydrogens (tertiary/aromatic N) is 4. The van der Waals surface area contributed by atoms with E-state index in [1.807, 2.05) is 12.1 Å². The number of para-hydroxylation sites is 1. The average molecular weight is 453 g/mol. The number of piperazine rings is 1. The highest BCUT2D eigenvalue weighted by Gasteiger charge is 2.66. The van der Waals surface area contributed by atoms with Crippen LogP contribution in [0.3, 0.4) is 0 Å². The number of hydrogen-bond acceptors (Lipinski definition) is 4.